The highest BCUT2D eigenvalue weighted by atomic mass is 32.2. The maximum absolute atomic E-state index is 12.2. The molecule has 1 N–H and O–H groups in total. The maximum atomic E-state index is 12.2. The predicted molar refractivity (Wildman–Crippen MR) is 91.8 cm³/mol. The molecule has 0 aliphatic heterocycles. The summed E-state index contributed by atoms with van der Waals surface area (Å²) in [5, 5.41) is 4.10. The molecule has 1 aromatic heterocycles. The third kappa shape index (κ3) is 4.28. The molecule has 1 aromatic carbocycles. The number of Topliss-reactive ketones (excluding diaryl/α,β-unsaturated/α-hetero) is 1. The molecule has 0 saturated heterocycles. The Labute approximate surface area is 143 Å². The van der Waals surface area contributed by atoms with Crippen LogP contribution in [0.2, 0.25) is 0 Å². The molecule has 124 valence electrons. The number of nitrogens with one attached hydrogen (secondary N) is 1. The highest BCUT2D eigenvalue weighted by Gasteiger charge is 2.18. The number of nitrogens with zero attached hydrogens (tertiary/aromatic N) is 3. The van der Waals surface area contributed by atoms with E-state index in [1.54, 1.807) is 12.1 Å². The van der Waals surface area contributed by atoms with Gasteiger partial charge in [-0.1, -0.05) is 23.9 Å². The molecule has 0 atom stereocenters. The lowest BCUT2D eigenvalue weighted by atomic mass is 10.1. The van der Waals surface area contributed by atoms with E-state index in [1.165, 1.54) is 49.5 Å². The Hall–Kier alpha value is -1.49. The van der Waals surface area contributed by atoms with Crippen molar-refractivity contribution in [2.24, 2.45) is 0 Å². The molecule has 7 nitrogen and oxygen atoms in total. The van der Waals surface area contributed by atoms with Crippen LogP contribution in [-0.2, 0) is 10.0 Å². The molecule has 2 rings (SSSR count). The first-order valence-electron chi connectivity index (χ1n) is 6.52. The summed E-state index contributed by atoms with van der Waals surface area (Å²) in [7, 11) is -0.665. The summed E-state index contributed by atoms with van der Waals surface area (Å²) in [5.74, 6) is -0.221. The summed E-state index contributed by atoms with van der Waals surface area (Å²) in [6, 6.07) is 5.99. The third-order valence-corrected chi connectivity index (χ3v) is 6.07. The largest absolute Gasteiger partial charge is 0.353 e. The second-order valence-corrected chi connectivity index (χ2v) is 8.36. The molecule has 0 aliphatic carbocycles. The molecule has 0 unspecified atom stereocenters. The van der Waals surface area contributed by atoms with Crippen LogP contribution in [-0.4, -0.2) is 54.8 Å². The number of anilines is 1. The first-order valence-corrected chi connectivity index (χ1v) is 9.96. The minimum absolute atomic E-state index is 0.0223. The van der Waals surface area contributed by atoms with Crippen molar-refractivity contribution in [2.75, 3.05) is 32.2 Å². The Morgan fingerprint density at radius 3 is 2.74 bits per heavy atom. The second kappa shape index (κ2) is 7.39. The first-order chi connectivity index (χ1) is 10.8. The van der Waals surface area contributed by atoms with E-state index >= 15 is 0 Å². The van der Waals surface area contributed by atoms with Crippen molar-refractivity contribution in [2.45, 2.75) is 10.1 Å². The van der Waals surface area contributed by atoms with Gasteiger partial charge in [0.15, 0.2) is 5.78 Å². The predicted octanol–water partition coefficient (Wildman–Crippen LogP) is 1.81. The van der Waals surface area contributed by atoms with Crippen molar-refractivity contribution < 1.29 is 13.2 Å². The fraction of sp³-hybridized carbons (Fsp3) is 0.308. The zero-order chi connectivity index (χ0) is 17.0. The number of carbonyl (C=O) groups excluding carboxylic acids is 1. The summed E-state index contributed by atoms with van der Waals surface area (Å²) in [6.45, 7) is 0.0223. The fourth-order valence-corrected chi connectivity index (χ4v) is 3.73. The summed E-state index contributed by atoms with van der Waals surface area (Å²) in [4.78, 5) is 16.5. The van der Waals surface area contributed by atoms with Crippen LogP contribution < -0.4 is 5.32 Å². The van der Waals surface area contributed by atoms with Crippen LogP contribution in [0.1, 0.15) is 10.4 Å². The standard InChI is InChI=1S/C13H16N4O3S3/c1-17(2)23(19,20)10-6-4-5-9(7-10)11(18)8-14-12-15-13(21-3)16-22-12/h4-7H,8H2,1-3H3,(H,14,15,16). The first kappa shape index (κ1) is 17.9. The zero-order valence-corrected chi connectivity index (χ0v) is 15.3. The quantitative estimate of drug-likeness (QED) is 0.585. The van der Waals surface area contributed by atoms with Crippen LogP contribution in [0.4, 0.5) is 5.13 Å². The second-order valence-electron chi connectivity index (χ2n) is 4.68. The van der Waals surface area contributed by atoms with E-state index in [0.29, 0.717) is 15.9 Å². The van der Waals surface area contributed by atoms with E-state index in [0.717, 1.165) is 4.31 Å². The van der Waals surface area contributed by atoms with Crippen LogP contribution in [0.15, 0.2) is 34.3 Å². The number of hydrogen-bond donors (Lipinski definition) is 1. The summed E-state index contributed by atoms with van der Waals surface area (Å²) in [5.41, 5.74) is 0.329. The summed E-state index contributed by atoms with van der Waals surface area (Å²) < 4.78 is 29.4. The number of sulfonamides is 1. The van der Waals surface area contributed by atoms with Gasteiger partial charge in [-0.05, 0) is 18.4 Å². The topological polar surface area (TPSA) is 92.3 Å². The molecule has 1 heterocycles. The van der Waals surface area contributed by atoms with Gasteiger partial charge in [0.25, 0.3) is 0 Å². The van der Waals surface area contributed by atoms with Crippen LogP contribution in [0, 0.1) is 0 Å². The SMILES string of the molecule is CSc1nsc(NCC(=O)c2cccc(S(=O)(=O)N(C)C)c2)n1. The Morgan fingerprint density at radius 2 is 2.13 bits per heavy atom. The molecule has 0 amide bonds. The van der Waals surface area contributed by atoms with Gasteiger partial charge in [0.2, 0.25) is 20.3 Å². The molecule has 23 heavy (non-hydrogen) atoms. The average Bonchev–Trinajstić information content (AvgIpc) is 3.00. The van der Waals surface area contributed by atoms with Crippen molar-refractivity contribution in [3.05, 3.63) is 29.8 Å². The lowest BCUT2D eigenvalue weighted by molar-refractivity contribution is 0.101. The number of ketones is 1. The minimum Gasteiger partial charge on any atom is -0.353 e. The van der Waals surface area contributed by atoms with Gasteiger partial charge in [0.05, 0.1) is 11.4 Å². The van der Waals surface area contributed by atoms with Gasteiger partial charge in [-0.2, -0.15) is 9.36 Å². The molecular formula is C13H16N4O3S3. The molecule has 0 bridgehead atoms. The highest BCUT2D eigenvalue weighted by molar-refractivity contribution is 7.98. The molecule has 2 aromatic rings. The normalized spacial score (nSPS) is 11.7. The lowest BCUT2D eigenvalue weighted by Crippen LogP contribution is -2.22. The number of aromatic nitrogens is 2. The van der Waals surface area contributed by atoms with E-state index < -0.39 is 10.0 Å². The van der Waals surface area contributed by atoms with Crippen molar-refractivity contribution in [3.8, 4) is 0 Å². The monoisotopic (exact) mass is 372 g/mol. The van der Waals surface area contributed by atoms with Gasteiger partial charge in [-0.25, -0.2) is 12.7 Å². The third-order valence-electron chi connectivity index (χ3n) is 2.92. The van der Waals surface area contributed by atoms with Gasteiger partial charge >= 0.3 is 0 Å². The van der Waals surface area contributed by atoms with Gasteiger partial charge in [-0.15, -0.1) is 0 Å². The van der Waals surface area contributed by atoms with Crippen molar-refractivity contribution in [1.82, 2.24) is 13.7 Å². The fourth-order valence-electron chi connectivity index (χ4n) is 1.66. The Morgan fingerprint density at radius 1 is 1.39 bits per heavy atom. The van der Waals surface area contributed by atoms with E-state index in [2.05, 4.69) is 14.7 Å². The van der Waals surface area contributed by atoms with E-state index in [-0.39, 0.29) is 17.2 Å². The van der Waals surface area contributed by atoms with Crippen LogP contribution in [0.25, 0.3) is 0 Å². The maximum Gasteiger partial charge on any atom is 0.242 e. The molecule has 0 spiro atoms. The number of hydrogen-bond acceptors (Lipinski definition) is 8. The number of carbonyl (C=O) groups is 1. The Balaban J connectivity index is 2.11. The molecule has 0 saturated carbocycles. The van der Waals surface area contributed by atoms with Crippen molar-refractivity contribution in [3.63, 3.8) is 0 Å². The Kier molecular flexibility index (Phi) is 5.74. The van der Waals surface area contributed by atoms with E-state index in [4.69, 9.17) is 0 Å². The van der Waals surface area contributed by atoms with Crippen molar-refractivity contribution >= 4 is 44.2 Å². The summed E-state index contributed by atoms with van der Waals surface area (Å²) in [6.07, 6.45) is 1.87. The highest BCUT2D eigenvalue weighted by Crippen LogP contribution is 2.18. The van der Waals surface area contributed by atoms with Crippen LogP contribution in [0.3, 0.4) is 0 Å². The number of rotatable bonds is 7. The van der Waals surface area contributed by atoms with Gasteiger partial charge in [0, 0.05) is 31.2 Å². The zero-order valence-electron chi connectivity index (χ0n) is 12.8. The molecule has 0 radical (unpaired) electrons. The van der Waals surface area contributed by atoms with Gasteiger partial charge in [0.1, 0.15) is 0 Å². The Bertz CT molecular complexity index is 802. The minimum atomic E-state index is -3.56. The lowest BCUT2D eigenvalue weighted by Gasteiger charge is -2.12. The van der Waals surface area contributed by atoms with Crippen molar-refractivity contribution in [1.29, 1.82) is 0 Å². The van der Waals surface area contributed by atoms with Gasteiger partial charge < -0.3 is 5.32 Å². The summed E-state index contributed by atoms with van der Waals surface area (Å²) >= 11 is 2.59. The van der Waals surface area contributed by atoms with E-state index in [1.807, 2.05) is 6.26 Å². The number of benzene rings is 1. The molecule has 0 fully saturated rings. The number of thioether (sulfide) groups is 1. The van der Waals surface area contributed by atoms with E-state index in [9.17, 15) is 13.2 Å². The van der Waals surface area contributed by atoms with Crippen LogP contribution in [0.5, 0.6) is 0 Å². The average molecular weight is 372 g/mol. The smallest absolute Gasteiger partial charge is 0.242 e. The van der Waals surface area contributed by atoms with Crippen LogP contribution >= 0.6 is 23.3 Å². The molecule has 10 heteroatoms. The molecular weight excluding hydrogens is 356 g/mol. The molecule has 0 aliphatic rings. The van der Waals surface area contributed by atoms with Gasteiger partial charge in [-0.3, -0.25) is 4.79 Å².